The average molecular weight is 278 g/mol. The molecule has 1 heterocycles. The van der Waals surface area contributed by atoms with Gasteiger partial charge in [0.05, 0.1) is 12.7 Å². The van der Waals surface area contributed by atoms with Crippen LogP contribution in [0.1, 0.15) is 25.3 Å². The van der Waals surface area contributed by atoms with Gasteiger partial charge in [-0.15, -0.1) is 0 Å². The first kappa shape index (κ1) is 15.3. The molecule has 1 aliphatic heterocycles. The van der Waals surface area contributed by atoms with Crippen LogP contribution in [0.3, 0.4) is 0 Å². The Morgan fingerprint density at radius 3 is 2.90 bits per heavy atom. The molecule has 20 heavy (non-hydrogen) atoms. The summed E-state index contributed by atoms with van der Waals surface area (Å²) in [5.74, 6) is 0.926. The maximum Gasteiger partial charge on any atom is 0.119 e. The summed E-state index contributed by atoms with van der Waals surface area (Å²) < 4.78 is 11.4. The van der Waals surface area contributed by atoms with Gasteiger partial charge in [0.25, 0.3) is 0 Å². The molecule has 1 aromatic rings. The summed E-state index contributed by atoms with van der Waals surface area (Å²) >= 11 is 0. The smallest absolute Gasteiger partial charge is 0.119 e. The first-order valence-corrected chi connectivity index (χ1v) is 7.53. The molecule has 0 aliphatic carbocycles. The van der Waals surface area contributed by atoms with Crippen molar-refractivity contribution in [1.82, 2.24) is 4.90 Å². The van der Waals surface area contributed by atoms with Gasteiger partial charge in [0.15, 0.2) is 0 Å². The summed E-state index contributed by atoms with van der Waals surface area (Å²) in [5, 5.41) is 0. The minimum absolute atomic E-state index is 0.349. The lowest BCUT2D eigenvalue weighted by Gasteiger charge is -2.21. The van der Waals surface area contributed by atoms with Crippen LogP contribution in [0.15, 0.2) is 24.3 Å². The Hall–Kier alpha value is -1.10. The SMILES string of the molecule is CC1CN(CCCOc2ccc(CN)cc2)CCCO1. The van der Waals surface area contributed by atoms with Crippen LogP contribution in [0.5, 0.6) is 5.75 Å². The van der Waals surface area contributed by atoms with Gasteiger partial charge in [-0.25, -0.2) is 0 Å². The van der Waals surface area contributed by atoms with Gasteiger partial charge in [-0.3, -0.25) is 0 Å². The number of nitrogens with zero attached hydrogens (tertiary/aromatic N) is 1. The topological polar surface area (TPSA) is 47.7 Å². The molecule has 2 rings (SSSR count). The summed E-state index contributed by atoms with van der Waals surface area (Å²) in [5.41, 5.74) is 6.71. The lowest BCUT2D eigenvalue weighted by atomic mass is 10.2. The van der Waals surface area contributed by atoms with E-state index in [1.165, 1.54) is 0 Å². The predicted octanol–water partition coefficient (Wildman–Crippen LogP) is 2.02. The minimum atomic E-state index is 0.349. The Labute approximate surface area is 121 Å². The molecule has 4 heteroatoms. The summed E-state index contributed by atoms with van der Waals surface area (Å²) in [6.45, 7) is 7.62. The largest absolute Gasteiger partial charge is 0.494 e. The van der Waals surface area contributed by atoms with Crippen LogP contribution in [0.4, 0.5) is 0 Å². The van der Waals surface area contributed by atoms with Crippen molar-refractivity contribution < 1.29 is 9.47 Å². The fourth-order valence-electron chi connectivity index (χ4n) is 2.48. The second-order valence-electron chi connectivity index (χ2n) is 5.39. The maximum absolute atomic E-state index is 5.76. The van der Waals surface area contributed by atoms with E-state index in [4.69, 9.17) is 15.2 Å². The van der Waals surface area contributed by atoms with Gasteiger partial charge >= 0.3 is 0 Å². The van der Waals surface area contributed by atoms with Crippen LogP contribution in [0, 0.1) is 0 Å². The van der Waals surface area contributed by atoms with E-state index in [1.54, 1.807) is 0 Å². The first-order chi connectivity index (χ1) is 9.78. The van der Waals surface area contributed by atoms with Crippen molar-refractivity contribution in [3.8, 4) is 5.75 Å². The number of nitrogens with two attached hydrogens (primary N) is 1. The molecular weight excluding hydrogens is 252 g/mol. The molecule has 0 radical (unpaired) electrons. The summed E-state index contributed by atoms with van der Waals surface area (Å²) in [6.07, 6.45) is 2.53. The van der Waals surface area contributed by atoms with Crippen molar-refractivity contribution in [2.45, 2.75) is 32.4 Å². The van der Waals surface area contributed by atoms with Crippen molar-refractivity contribution in [2.75, 3.05) is 32.8 Å². The quantitative estimate of drug-likeness (QED) is 0.809. The zero-order valence-corrected chi connectivity index (χ0v) is 12.4. The van der Waals surface area contributed by atoms with Gasteiger partial charge in [0.1, 0.15) is 5.75 Å². The normalized spacial score (nSPS) is 20.6. The van der Waals surface area contributed by atoms with Gasteiger partial charge in [0, 0.05) is 32.8 Å². The summed E-state index contributed by atoms with van der Waals surface area (Å²) in [4.78, 5) is 2.47. The van der Waals surface area contributed by atoms with E-state index in [0.29, 0.717) is 12.6 Å². The fraction of sp³-hybridized carbons (Fsp3) is 0.625. The molecule has 0 bridgehead atoms. The standard InChI is InChI=1S/C16H26N2O2/c1-14-13-18(8-2-10-19-14)9-3-11-20-16-6-4-15(12-17)5-7-16/h4-7,14H,2-3,8-13,17H2,1H3. The average Bonchev–Trinajstić information content (AvgIpc) is 2.68. The third kappa shape index (κ3) is 5.12. The van der Waals surface area contributed by atoms with Crippen LogP contribution in [0.25, 0.3) is 0 Å². The molecule has 1 aliphatic rings. The number of ether oxygens (including phenoxy) is 2. The third-order valence-electron chi connectivity index (χ3n) is 3.58. The van der Waals surface area contributed by atoms with E-state index < -0.39 is 0 Å². The van der Waals surface area contributed by atoms with Crippen molar-refractivity contribution in [2.24, 2.45) is 5.73 Å². The Kier molecular flexibility index (Phi) is 6.30. The molecule has 0 spiro atoms. The fourth-order valence-corrected chi connectivity index (χ4v) is 2.48. The Morgan fingerprint density at radius 1 is 1.35 bits per heavy atom. The zero-order valence-electron chi connectivity index (χ0n) is 12.4. The molecule has 4 nitrogen and oxygen atoms in total. The molecule has 0 aromatic heterocycles. The van der Waals surface area contributed by atoms with Crippen LogP contribution >= 0.6 is 0 Å². The van der Waals surface area contributed by atoms with Gasteiger partial charge < -0.3 is 20.1 Å². The molecule has 0 amide bonds. The predicted molar refractivity (Wildman–Crippen MR) is 80.9 cm³/mol. The molecular formula is C16H26N2O2. The monoisotopic (exact) mass is 278 g/mol. The van der Waals surface area contributed by atoms with Gasteiger partial charge in [-0.1, -0.05) is 12.1 Å². The molecule has 1 unspecified atom stereocenters. The number of rotatable bonds is 6. The minimum Gasteiger partial charge on any atom is -0.494 e. The van der Waals surface area contributed by atoms with Crippen LogP contribution in [-0.2, 0) is 11.3 Å². The van der Waals surface area contributed by atoms with Gasteiger partial charge in [0.2, 0.25) is 0 Å². The highest BCUT2D eigenvalue weighted by molar-refractivity contribution is 5.26. The lowest BCUT2D eigenvalue weighted by molar-refractivity contribution is 0.0670. The van der Waals surface area contributed by atoms with Crippen molar-refractivity contribution in [3.05, 3.63) is 29.8 Å². The van der Waals surface area contributed by atoms with E-state index >= 15 is 0 Å². The van der Waals surface area contributed by atoms with Crippen LogP contribution in [-0.4, -0.2) is 43.9 Å². The zero-order chi connectivity index (χ0) is 14.2. The van der Waals surface area contributed by atoms with Crippen molar-refractivity contribution >= 4 is 0 Å². The van der Waals surface area contributed by atoms with E-state index in [9.17, 15) is 0 Å². The van der Waals surface area contributed by atoms with Crippen molar-refractivity contribution in [3.63, 3.8) is 0 Å². The van der Waals surface area contributed by atoms with Gasteiger partial charge in [-0.2, -0.15) is 0 Å². The van der Waals surface area contributed by atoms with E-state index in [0.717, 1.165) is 57.0 Å². The van der Waals surface area contributed by atoms with E-state index in [-0.39, 0.29) is 0 Å². The molecule has 1 fully saturated rings. The highest BCUT2D eigenvalue weighted by Gasteiger charge is 2.14. The maximum atomic E-state index is 5.76. The summed E-state index contributed by atoms with van der Waals surface area (Å²) in [7, 11) is 0. The third-order valence-corrected chi connectivity index (χ3v) is 3.58. The van der Waals surface area contributed by atoms with Crippen molar-refractivity contribution in [1.29, 1.82) is 0 Å². The second-order valence-corrected chi connectivity index (χ2v) is 5.39. The lowest BCUT2D eigenvalue weighted by Crippen LogP contribution is -2.31. The Balaban J connectivity index is 1.65. The first-order valence-electron chi connectivity index (χ1n) is 7.53. The van der Waals surface area contributed by atoms with Crippen LogP contribution in [0.2, 0.25) is 0 Å². The number of hydrogen-bond acceptors (Lipinski definition) is 4. The highest BCUT2D eigenvalue weighted by Crippen LogP contribution is 2.12. The van der Waals surface area contributed by atoms with Crippen LogP contribution < -0.4 is 10.5 Å². The highest BCUT2D eigenvalue weighted by atomic mass is 16.5. The second kappa shape index (κ2) is 8.25. The molecule has 1 saturated heterocycles. The number of benzene rings is 1. The molecule has 1 aromatic carbocycles. The van der Waals surface area contributed by atoms with Gasteiger partial charge in [-0.05, 0) is 37.5 Å². The summed E-state index contributed by atoms with van der Waals surface area (Å²) in [6, 6.07) is 8.01. The molecule has 1 atom stereocenters. The van der Waals surface area contributed by atoms with E-state index in [1.807, 2.05) is 24.3 Å². The molecule has 112 valence electrons. The Bertz CT molecular complexity index is 381. The van der Waals surface area contributed by atoms with E-state index in [2.05, 4.69) is 11.8 Å². The Morgan fingerprint density at radius 2 is 2.15 bits per heavy atom. The number of hydrogen-bond donors (Lipinski definition) is 1. The molecule has 0 saturated carbocycles. The molecule has 2 N–H and O–H groups in total.